The largest absolute Gasteiger partial charge is 0.383 e. The standard InChI is InChI=1S/C28H25ClFN5/c1-15(2)35-28-25(27(31)32-14-33-28)26(34-35)20-6-4-17-10-19(5-3-18(17)11-20)24-12-21(24)7-16-8-22(29)13-23(30)9-16/h3-6,8-11,13-15,21,24H,7,12H2,1-2H3,(H2,31,32,33). The summed E-state index contributed by atoms with van der Waals surface area (Å²) in [5, 5.41) is 8.41. The summed E-state index contributed by atoms with van der Waals surface area (Å²) in [7, 11) is 0. The first-order chi connectivity index (χ1) is 16.9. The molecule has 3 aromatic carbocycles. The fraction of sp³-hybridized carbons (Fsp3) is 0.250. The molecule has 6 rings (SSSR count). The molecule has 2 unspecified atom stereocenters. The van der Waals surface area contributed by atoms with E-state index in [9.17, 15) is 4.39 Å². The third-order valence-electron chi connectivity index (χ3n) is 6.92. The summed E-state index contributed by atoms with van der Waals surface area (Å²) >= 11 is 6.03. The number of nitrogen functional groups attached to an aromatic ring is 1. The minimum Gasteiger partial charge on any atom is -0.383 e. The summed E-state index contributed by atoms with van der Waals surface area (Å²) in [6.45, 7) is 4.15. The van der Waals surface area contributed by atoms with Gasteiger partial charge in [-0.1, -0.05) is 41.9 Å². The topological polar surface area (TPSA) is 69.6 Å². The van der Waals surface area contributed by atoms with Gasteiger partial charge < -0.3 is 5.73 Å². The van der Waals surface area contributed by atoms with Crippen LogP contribution >= 0.6 is 11.6 Å². The number of hydrogen-bond acceptors (Lipinski definition) is 4. The molecule has 5 aromatic rings. The Balaban J connectivity index is 1.30. The first-order valence-electron chi connectivity index (χ1n) is 11.8. The quantitative estimate of drug-likeness (QED) is 0.292. The SMILES string of the molecule is CC(C)n1nc(-c2ccc3cc(C4CC4Cc4cc(F)cc(Cl)c4)ccc3c2)c2c(N)ncnc21. The highest BCUT2D eigenvalue weighted by atomic mass is 35.5. The Kier molecular flexibility index (Phi) is 5.22. The molecule has 1 aliphatic rings. The second-order valence-corrected chi connectivity index (χ2v) is 10.2. The van der Waals surface area contributed by atoms with Crippen molar-refractivity contribution in [3.05, 3.63) is 82.9 Å². The van der Waals surface area contributed by atoms with E-state index in [4.69, 9.17) is 22.4 Å². The number of benzene rings is 3. The number of nitrogens with two attached hydrogens (primary N) is 1. The van der Waals surface area contributed by atoms with Gasteiger partial charge in [-0.25, -0.2) is 19.0 Å². The maximum absolute atomic E-state index is 13.7. The highest BCUT2D eigenvalue weighted by Crippen LogP contribution is 2.50. The first-order valence-corrected chi connectivity index (χ1v) is 12.2. The van der Waals surface area contributed by atoms with E-state index in [1.165, 1.54) is 23.3 Å². The maximum atomic E-state index is 13.7. The summed E-state index contributed by atoms with van der Waals surface area (Å²) in [5.74, 6) is 1.17. The zero-order valence-corrected chi connectivity index (χ0v) is 20.3. The molecule has 7 heteroatoms. The molecule has 1 fully saturated rings. The van der Waals surface area contributed by atoms with E-state index in [1.54, 1.807) is 6.07 Å². The Morgan fingerprint density at radius 3 is 2.66 bits per heavy atom. The van der Waals surface area contributed by atoms with E-state index in [2.05, 4.69) is 60.2 Å². The normalized spacial score (nSPS) is 17.5. The van der Waals surface area contributed by atoms with E-state index in [-0.39, 0.29) is 11.9 Å². The van der Waals surface area contributed by atoms with Crippen molar-refractivity contribution in [2.75, 3.05) is 5.73 Å². The molecule has 0 amide bonds. The fourth-order valence-corrected chi connectivity index (χ4v) is 5.36. The Bertz CT molecular complexity index is 1570. The van der Waals surface area contributed by atoms with Crippen LogP contribution in [0.5, 0.6) is 0 Å². The Morgan fingerprint density at radius 2 is 1.86 bits per heavy atom. The van der Waals surface area contributed by atoms with Gasteiger partial charge in [-0.15, -0.1) is 0 Å². The van der Waals surface area contributed by atoms with Crippen LogP contribution in [0.25, 0.3) is 33.1 Å². The first kappa shape index (κ1) is 22.0. The van der Waals surface area contributed by atoms with Crippen LogP contribution in [0.2, 0.25) is 5.02 Å². The van der Waals surface area contributed by atoms with Gasteiger partial charge in [-0.3, -0.25) is 0 Å². The van der Waals surface area contributed by atoms with Gasteiger partial charge in [0.05, 0.1) is 5.39 Å². The van der Waals surface area contributed by atoms with Gasteiger partial charge in [-0.05, 0) is 84.7 Å². The van der Waals surface area contributed by atoms with Gasteiger partial charge in [0, 0.05) is 16.6 Å². The van der Waals surface area contributed by atoms with Crippen molar-refractivity contribution < 1.29 is 4.39 Å². The number of fused-ring (bicyclic) bond motifs is 2. The van der Waals surface area contributed by atoms with Crippen molar-refractivity contribution in [2.24, 2.45) is 5.92 Å². The van der Waals surface area contributed by atoms with E-state index in [0.29, 0.717) is 22.7 Å². The minimum absolute atomic E-state index is 0.151. The summed E-state index contributed by atoms with van der Waals surface area (Å²) in [5.41, 5.74) is 11.1. The van der Waals surface area contributed by atoms with Crippen LogP contribution in [0.15, 0.2) is 60.9 Å². The van der Waals surface area contributed by atoms with Crippen molar-refractivity contribution in [2.45, 2.75) is 38.6 Å². The zero-order valence-electron chi connectivity index (χ0n) is 19.5. The second-order valence-electron chi connectivity index (χ2n) is 9.75. The van der Waals surface area contributed by atoms with E-state index in [1.807, 2.05) is 10.7 Å². The monoisotopic (exact) mass is 485 g/mol. The lowest BCUT2D eigenvalue weighted by Gasteiger charge is -2.07. The lowest BCUT2D eigenvalue weighted by Crippen LogP contribution is -2.04. The van der Waals surface area contributed by atoms with E-state index >= 15 is 0 Å². The Morgan fingerprint density at radius 1 is 1.06 bits per heavy atom. The predicted octanol–water partition coefficient (Wildman–Crippen LogP) is 6.95. The molecule has 2 aromatic heterocycles. The van der Waals surface area contributed by atoms with Crippen molar-refractivity contribution in [3.63, 3.8) is 0 Å². The average Bonchev–Trinajstić information content (AvgIpc) is 3.45. The number of aromatic nitrogens is 4. The van der Waals surface area contributed by atoms with Crippen molar-refractivity contribution in [1.29, 1.82) is 0 Å². The highest BCUT2D eigenvalue weighted by Gasteiger charge is 2.38. The van der Waals surface area contributed by atoms with Crippen LogP contribution in [0.4, 0.5) is 10.2 Å². The number of nitrogens with zero attached hydrogens (tertiary/aromatic N) is 4. The molecule has 0 radical (unpaired) electrons. The number of hydrogen-bond donors (Lipinski definition) is 1. The molecule has 176 valence electrons. The van der Waals surface area contributed by atoms with Crippen LogP contribution in [0.3, 0.4) is 0 Å². The van der Waals surface area contributed by atoms with Crippen molar-refractivity contribution in [1.82, 2.24) is 19.7 Å². The fourth-order valence-electron chi connectivity index (χ4n) is 5.11. The third kappa shape index (κ3) is 4.02. The van der Waals surface area contributed by atoms with Crippen molar-refractivity contribution in [3.8, 4) is 11.3 Å². The molecule has 0 bridgehead atoms. The van der Waals surface area contributed by atoms with Crippen LogP contribution in [0, 0.1) is 11.7 Å². The number of rotatable bonds is 5. The molecule has 2 heterocycles. The molecule has 1 aliphatic carbocycles. The number of anilines is 1. The van der Waals surface area contributed by atoms with Gasteiger partial charge in [0.15, 0.2) is 5.65 Å². The Hall–Kier alpha value is -3.51. The zero-order chi connectivity index (χ0) is 24.3. The molecule has 35 heavy (non-hydrogen) atoms. The molecule has 0 saturated heterocycles. The maximum Gasteiger partial charge on any atom is 0.164 e. The summed E-state index contributed by atoms with van der Waals surface area (Å²) < 4.78 is 15.6. The van der Waals surface area contributed by atoms with Gasteiger partial charge >= 0.3 is 0 Å². The number of halogens is 2. The highest BCUT2D eigenvalue weighted by molar-refractivity contribution is 6.30. The lowest BCUT2D eigenvalue weighted by atomic mass is 9.99. The molecular formula is C28H25ClFN5. The molecule has 2 atom stereocenters. The van der Waals surface area contributed by atoms with Crippen LogP contribution in [-0.2, 0) is 6.42 Å². The molecule has 0 spiro atoms. The molecule has 5 nitrogen and oxygen atoms in total. The predicted molar refractivity (Wildman–Crippen MR) is 139 cm³/mol. The third-order valence-corrected chi connectivity index (χ3v) is 7.13. The molecular weight excluding hydrogens is 461 g/mol. The van der Waals surface area contributed by atoms with Gasteiger partial charge in [-0.2, -0.15) is 5.10 Å². The van der Waals surface area contributed by atoms with Crippen LogP contribution < -0.4 is 5.73 Å². The molecule has 1 saturated carbocycles. The van der Waals surface area contributed by atoms with Crippen LogP contribution in [-0.4, -0.2) is 19.7 Å². The average molecular weight is 486 g/mol. The van der Waals surface area contributed by atoms with E-state index in [0.717, 1.165) is 46.1 Å². The van der Waals surface area contributed by atoms with Crippen molar-refractivity contribution >= 4 is 39.2 Å². The van der Waals surface area contributed by atoms with Gasteiger partial charge in [0.2, 0.25) is 0 Å². The van der Waals surface area contributed by atoms with E-state index < -0.39 is 0 Å². The summed E-state index contributed by atoms with van der Waals surface area (Å²) in [4.78, 5) is 8.64. The van der Waals surface area contributed by atoms with Crippen LogP contribution in [0.1, 0.15) is 43.4 Å². The minimum atomic E-state index is -0.273. The van der Waals surface area contributed by atoms with Gasteiger partial charge in [0.1, 0.15) is 23.7 Å². The lowest BCUT2D eigenvalue weighted by molar-refractivity contribution is 0.548. The smallest absolute Gasteiger partial charge is 0.164 e. The molecule has 0 aliphatic heterocycles. The molecule has 2 N–H and O–H groups in total. The second kappa shape index (κ2) is 8.31. The van der Waals surface area contributed by atoms with Gasteiger partial charge in [0.25, 0.3) is 0 Å². The summed E-state index contributed by atoms with van der Waals surface area (Å²) in [6, 6.07) is 18.0. The summed E-state index contributed by atoms with van der Waals surface area (Å²) in [6.07, 6.45) is 3.43. The Labute approximate surface area is 207 Å².